The van der Waals surface area contributed by atoms with E-state index in [2.05, 4.69) is 25.5 Å². The summed E-state index contributed by atoms with van der Waals surface area (Å²) in [6.07, 6.45) is 5.26. The Morgan fingerprint density at radius 3 is 3.21 bits per heavy atom. The van der Waals surface area contributed by atoms with Crippen molar-refractivity contribution in [1.82, 2.24) is 34.9 Å². The zero-order valence-corrected chi connectivity index (χ0v) is 13.0. The minimum absolute atomic E-state index is 0.0314. The Labute approximate surface area is 137 Å². The average molecular weight is 327 g/mol. The normalized spacial score (nSPS) is 18.0. The number of ether oxygens (including phenoxy) is 1. The molecule has 4 heterocycles. The Kier molecular flexibility index (Phi) is 3.81. The van der Waals surface area contributed by atoms with E-state index in [1.54, 1.807) is 18.3 Å². The van der Waals surface area contributed by atoms with Crippen molar-refractivity contribution in [3.8, 4) is 5.88 Å². The molecule has 0 radical (unpaired) electrons. The SMILES string of the molecule is O=C(COc1ccc2nncn2n1)N1CCC[C@H](c2ccn[nH]2)C1. The Bertz CT molecular complexity index is 829. The number of aromatic amines is 1. The van der Waals surface area contributed by atoms with Crippen molar-refractivity contribution < 1.29 is 9.53 Å². The van der Waals surface area contributed by atoms with Gasteiger partial charge in [0.1, 0.15) is 6.33 Å². The molecule has 0 bridgehead atoms. The lowest BCUT2D eigenvalue weighted by Gasteiger charge is -2.32. The molecule has 0 aromatic carbocycles. The maximum Gasteiger partial charge on any atom is 0.260 e. The molecule has 3 aromatic rings. The van der Waals surface area contributed by atoms with Gasteiger partial charge in [0.05, 0.1) is 0 Å². The van der Waals surface area contributed by atoms with E-state index in [-0.39, 0.29) is 12.5 Å². The molecule has 1 atom stereocenters. The molecule has 124 valence electrons. The third kappa shape index (κ3) is 2.92. The van der Waals surface area contributed by atoms with E-state index in [0.717, 1.165) is 25.1 Å². The summed E-state index contributed by atoms with van der Waals surface area (Å²) in [6, 6.07) is 5.39. The molecule has 1 amide bonds. The van der Waals surface area contributed by atoms with Crippen LogP contribution in [0.2, 0.25) is 0 Å². The Hall–Kier alpha value is -2.97. The molecular formula is C15H17N7O2. The van der Waals surface area contributed by atoms with Gasteiger partial charge in [-0.25, -0.2) is 0 Å². The predicted molar refractivity (Wildman–Crippen MR) is 83.4 cm³/mol. The number of carbonyl (C=O) groups is 1. The van der Waals surface area contributed by atoms with Crippen molar-refractivity contribution in [3.05, 3.63) is 36.4 Å². The van der Waals surface area contributed by atoms with Gasteiger partial charge in [0, 0.05) is 37.0 Å². The van der Waals surface area contributed by atoms with Crippen molar-refractivity contribution in [3.63, 3.8) is 0 Å². The van der Waals surface area contributed by atoms with Gasteiger partial charge in [-0.3, -0.25) is 9.89 Å². The fourth-order valence-corrected chi connectivity index (χ4v) is 2.97. The van der Waals surface area contributed by atoms with Gasteiger partial charge in [-0.15, -0.1) is 15.3 Å². The number of nitrogens with zero attached hydrogens (tertiary/aromatic N) is 6. The van der Waals surface area contributed by atoms with Crippen molar-refractivity contribution in [2.45, 2.75) is 18.8 Å². The number of carbonyl (C=O) groups excluding carboxylic acids is 1. The highest BCUT2D eigenvalue weighted by atomic mass is 16.5. The van der Waals surface area contributed by atoms with Crippen LogP contribution in [0, 0.1) is 0 Å². The first-order chi connectivity index (χ1) is 11.8. The summed E-state index contributed by atoms with van der Waals surface area (Å²) < 4.78 is 7.03. The summed E-state index contributed by atoms with van der Waals surface area (Å²) in [7, 11) is 0. The van der Waals surface area contributed by atoms with Crippen LogP contribution in [0.3, 0.4) is 0 Å². The second-order valence-corrected chi connectivity index (χ2v) is 5.78. The third-order valence-electron chi connectivity index (χ3n) is 4.22. The molecule has 0 saturated carbocycles. The zero-order valence-electron chi connectivity index (χ0n) is 13.0. The van der Waals surface area contributed by atoms with E-state index >= 15 is 0 Å². The summed E-state index contributed by atoms with van der Waals surface area (Å²) in [6.45, 7) is 1.41. The van der Waals surface area contributed by atoms with E-state index < -0.39 is 0 Å². The van der Waals surface area contributed by atoms with Crippen LogP contribution in [-0.4, -0.2) is 60.5 Å². The van der Waals surface area contributed by atoms with Gasteiger partial charge in [0.2, 0.25) is 5.88 Å². The molecule has 3 aromatic heterocycles. The Balaban J connectivity index is 1.36. The molecule has 1 saturated heterocycles. The highest BCUT2D eigenvalue weighted by Crippen LogP contribution is 2.25. The number of fused-ring (bicyclic) bond motifs is 1. The van der Waals surface area contributed by atoms with Gasteiger partial charge in [-0.2, -0.15) is 9.61 Å². The second-order valence-electron chi connectivity index (χ2n) is 5.78. The maximum absolute atomic E-state index is 12.4. The van der Waals surface area contributed by atoms with Crippen LogP contribution in [0.1, 0.15) is 24.5 Å². The molecule has 1 aliphatic heterocycles. The first kappa shape index (κ1) is 14.6. The number of amides is 1. The topological polar surface area (TPSA) is 101 Å². The first-order valence-electron chi connectivity index (χ1n) is 7.86. The molecule has 0 spiro atoms. The molecule has 0 unspecified atom stereocenters. The summed E-state index contributed by atoms with van der Waals surface area (Å²) in [4.78, 5) is 14.3. The number of likely N-dealkylation sites (tertiary alicyclic amines) is 1. The number of rotatable bonds is 4. The van der Waals surface area contributed by atoms with Gasteiger partial charge in [0.25, 0.3) is 5.91 Å². The van der Waals surface area contributed by atoms with Crippen molar-refractivity contribution in [1.29, 1.82) is 0 Å². The number of hydrogen-bond acceptors (Lipinski definition) is 6. The van der Waals surface area contributed by atoms with E-state index in [0.29, 0.717) is 24.0 Å². The van der Waals surface area contributed by atoms with Gasteiger partial charge in [0.15, 0.2) is 12.3 Å². The second kappa shape index (κ2) is 6.26. The van der Waals surface area contributed by atoms with Crippen LogP contribution in [0.15, 0.2) is 30.7 Å². The number of piperidine rings is 1. The number of hydrogen-bond donors (Lipinski definition) is 1. The summed E-state index contributed by atoms with van der Waals surface area (Å²) in [5.41, 5.74) is 1.71. The highest BCUT2D eigenvalue weighted by molar-refractivity contribution is 5.77. The fourth-order valence-electron chi connectivity index (χ4n) is 2.97. The average Bonchev–Trinajstić information content (AvgIpc) is 3.30. The van der Waals surface area contributed by atoms with Crippen LogP contribution in [0.5, 0.6) is 5.88 Å². The minimum atomic E-state index is -0.0372. The highest BCUT2D eigenvalue weighted by Gasteiger charge is 2.25. The van der Waals surface area contributed by atoms with Crippen molar-refractivity contribution in [2.24, 2.45) is 0 Å². The third-order valence-corrected chi connectivity index (χ3v) is 4.22. The summed E-state index contributed by atoms with van der Waals surface area (Å²) in [5.74, 6) is 0.638. The van der Waals surface area contributed by atoms with E-state index in [9.17, 15) is 4.79 Å². The molecule has 24 heavy (non-hydrogen) atoms. The van der Waals surface area contributed by atoms with Crippen LogP contribution in [0.4, 0.5) is 0 Å². The molecule has 1 fully saturated rings. The first-order valence-corrected chi connectivity index (χ1v) is 7.86. The molecule has 1 aliphatic rings. The molecular weight excluding hydrogens is 310 g/mol. The summed E-state index contributed by atoms with van der Waals surface area (Å²) >= 11 is 0. The number of nitrogens with one attached hydrogen (secondary N) is 1. The van der Waals surface area contributed by atoms with Crippen molar-refractivity contribution in [2.75, 3.05) is 19.7 Å². The molecule has 9 nitrogen and oxygen atoms in total. The largest absolute Gasteiger partial charge is 0.467 e. The maximum atomic E-state index is 12.4. The van der Waals surface area contributed by atoms with Gasteiger partial charge in [-0.1, -0.05) is 0 Å². The Morgan fingerprint density at radius 2 is 2.33 bits per heavy atom. The predicted octanol–water partition coefficient (Wildman–Crippen LogP) is 0.632. The number of H-pyrrole nitrogens is 1. The molecule has 1 N–H and O–H groups in total. The van der Waals surface area contributed by atoms with Crippen molar-refractivity contribution >= 4 is 11.6 Å². The minimum Gasteiger partial charge on any atom is -0.467 e. The fraction of sp³-hybridized carbons (Fsp3) is 0.400. The van der Waals surface area contributed by atoms with Crippen LogP contribution >= 0.6 is 0 Å². The molecule has 0 aliphatic carbocycles. The van der Waals surface area contributed by atoms with E-state index in [1.807, 2.05) is 11.0 Å². The molecule has 4 rings (SSSR count). The standard InChI is InChI=1S/C15H17N7O2/c23-15(9-24-14-4-3-13-19-17-10-22(13)20-14)21-7-1-2-11(8-21)12-5-6-16-18-12/h3-6,10-11H,1-2,7-9H2,(H,16,18)/t11-/m0/s1. The quantitative estimate of drug-likeness (QED) is 0.754. The molecule has 9 heteroatoms. The lowest BCUT2D eigenvalue weighted by molar-refractivity contribution is -0.134. The van der Waals surface area contributed by atoms with Crippen LogP contribution in [0.25, 0.3) is 5.65 Å². The lowest BCUT2D eigenvalue weighted by atomic mass is 9.95. The Morgan fingerprint density at radius 1 is 1.38 bits per heavy atom. The van der Waals surface area contributed by atoms with Gasteiger partial charge >= 0.3 is 0 Å². The summed E-state index contributed by atoms with van der Waals surface area (Å²) in [5, 5.41) is 18.8. The van der Waals surface area contributed by atoms with Crippen LogP contribution in [-0.2, 0) is 4.79 Å². The lowest BCUT2D eigenvalue weighted by Crippen LogP contribution is -2.41. The van der Waals surface area contributed by atoms with Gasteiger partial charge < -0.3 is 9.64 Å². The zero-order chi connectivity index (χ0) is 16.4. The van der Waals surface area contributed by atoms with Gasteiger partial charge in [-0.05, 0) is 25.0 Å². The number of aromatic nitrogens is 6. The van der Waals surface area contributed by atoms with Crippen LogP contribution < -0.4 is 4.74 Å². The monoisotopic (exact) mass is 327 g/mol. The van der Waals surface area contributed by atoms with E-state index in [1.165, 1.54) is 10.8 Å². The van der Waals surface area contributed by atoms with E-state index in [4.69, 9.17) is 4.74 Å². The smallest absolute Gasteiger partial charge is 0.260 e.